The SMILES string of the molecule is O=C(Cc1cccc(F)c1)O[C@@H]1[C@@H](O)CN[C@@H]1Cc1ccc(-c2cncs2)cc1. The lowest BCUT2D eigenvalue weighted by atomic mass is 10.00. The average molecular weight is 412 g/mol. The summed E-state index contributed by atoms with van der Waals surface area (Å²) in [5.74, 6) is -0.869. The van der Waals surface area contributed by atoms with Crippen LogP contribution in [0, 0.1) is 5.82 Å². The van der Waals surface area contributed by atoms with Crippen molar-refractivity contribution in [3.05, 3.63) is 77.2 Å². The van der Waals surface area contributed by atoms with Gasteiger partial charge in [-0.05, 0) is 35.2 Å². The van der Waals surface area contributed by atoms with E-state index in [1.165, 1.54) is 12.1 Å². The molecule has 2 heterocycles. The third-order valence-electron chi connectivity index (χ3n) is 5.00. The monoisotopic (exact) mass is 412 g/mol. The molecule has 0 spiro atoms. The maximum atomic E-state index is 13.3. The molecule has 0 saturated carbocycles. The van der Waals surface area contributed by atoms with E-state index in [1.54, 1.807) is 29.0 Å². The molecule has 1 aromatic heterocycles. The van der Waals surface area contributed by atoms with E-state index in [4.69, 9.17) is 4.74 Å². The Morgan fingerprint density at radius 3 is 2.79 bits per heavy atom. The molecular weight excluding hydrogens is 391 g/mol. The fourth-order valence-electron chi connectivity index (χ4n) is 3.55. The van der Waals surface area contributed by atoms with E-state index < -0.39 is 24.0 Å². The van der Waals surface area contributed by atoms with E-state index in [-0.39, 0.29) is 12.5 Å². The number of aromatic nitrogens is 1. The van der Waals surface area contributed by atoms with Crippen molar-refractivity contribution in [2.75, 3.05) is 6.54 Å². The standard InChI is InChI=1S/C22H21FN2O3S/c23-17-3-1-2-15(8-17)10-21(27)28-22-18(25-11-19(22)26)9-14-4-6-16(7-5-14)20-12-24-13-29-20/h1-8,12-13,18-19,22,25-26H,9-11H2/t18-,19+,22+/m1/s1. The van der Waals surface area contributed by atoms with Crippen molar-refractivity contribution < 1.29 is 19.0 Å². The normalized spacial score (nSPS) is 21.2. The first kappa shape index (κ1) is 19.7. The number of aliphatic hydroxyl groups is 1. The lowest BCUT2D eigenvalue weighted by Gasteiger charge is -2.22. The Labute approximate surface area is 172 Å². The lowest BCUT2D eigenvalue weighted by Crippen LogP contribution is -2.39. The molecule has 5 nitrogen and oxygen atoms in total. The number of esters is 1. The molecule has 1 saturated heterocycles. The number of hydrogen-bond acceptors (Lipinski definition) is 6. The van der Waals surface area contributed by atoms with Gasteiger partial charge in [-0.1, -0.05) is 36.4 Å². The summed E-state index contributed by atoms with van der Waals surface area (Å²) in [6.07, 6.45) is 1.02. The van der Waals surface area contributed by atoms with Crippen LogP contribution in [0.2, 0.25) is 0 Å². The molecule has 0 unspecified atom stereocenters. The maximum absolute atomic E-state index is 13.3. The zero-order chi connectivity index (χ0) is 20.2. The third kappa shape index (κ3) is 4.87. The van der Waals surface area contributed by atoms with Crippen LogP contribution in [0.3, 0.4) is 0 Å². The minimum atomic E-state index is -0.770. The van der Waals surface area contributed by atoms with Crippen molar-refractivity contribution in [3.63, 3.8) is 0 Å². The van der Waals surface area contributed by atoms with Gasteiger partial charge >= 0.3 is 5.97 Å². The molecule has 150 valence electrons. The molecule has 1 aliphatic heterocycles. The van der Waals surface area contributed by atoms with Crippen LogP contribution in [-0.4, -0.2) is 40.9 Å². The van der Waals surface area contributed by atoms with Crippen LogP contribution in [0.1, 0.15) is 11.1 Å². The zero-order valence-electron chi connectivity index (χ0n) is 15.6. The molecule has 1 fully saturated rings. The van der Waals surface area contributed by atoms with Gasteiger partial charge in [0.15, 0.2) is 0 Å². The predicted molar refractivity (Wildman–Crippen MR) is 109 cm³/mol. The number of nitrogens with zero attached hydrogens (tertiary/aromatic N) is 1. The van der Waals surface area contributed by atoms with Crippen LogP contribution in [0.25, 0.3) is 10.4 Å². The van der Waals surface area contributed by atoms with Gasteiger partial charge < -0.3 is 15.2 Å². The minimum Gasteiger partial charge on any atom is -0.458 e. The number of halogens is 1. The van der Waals surface area contributed by atoms with Gasteiger partial charge in [0.05, 0.1) is 22.9 Å². The Morgan fingerprint density at radius 2 is 2.07 bits per heavy atom. The number of rotatable bonds is 6. The topological polar surface area (TPSA) is 71.5 Å². The highest BCUT2D eigenvalue weighted by molar-refractivity contribution is 7.13. The molecule has 0 aliphatic carbocycles. The summed E-state index contributed by atoms with van der Waals surface area (Å²) >= 11 is 1.59. The number of β-amino-alcohol motifs (C(OH)–C–C–N with tert-alkyl or cyclic N) is 1. The highest BCUT2D eigenvalue weighted by atomic mass is 32.1. The van der Waals surface area contributed by atoms with Crippen LogP contribution in [0.15, 0.2) is 60.2 Å². The van der Waals surface area contributed by atoms with E-state index in [0.717, 1.165) is 16.0 Å². The van der Waals surface area contributed by atoms with E-state index in [9.17, 15) is 14.3 Å². The van der Waals surface area contributed by atoms with E-state index >= 15 is 0 Å². The molecule has 1 aliphatic rings. The highest BCUT2D eigenvalue weighted by Gasteiger charge is 2.37. The summed E-state index contributed by atoms with van der Waals surface area (Å²) in [5.41, 5.74) is 4.53. The van der Waals surface area contributed by atoms with Gasteiger partial charge in [-0.2, -0.15) is 0 Å². The Kier molecular flexibility index (Phi) is 5.99. The quantitative estimate of drug-likeness (QED) is 0.609. The van der Waals surface area contributed by atoms with Gasteiger partial charge in [0.1, 0.15) is 18.0 Å². The lowest BCUT2D eigenvalue weighted by molar-refractivity contribution is -0.153. The highest BCUT2D eigenvalue weighted by Crippen LogP contribution is 2.24. The van der Waals surface area contributed by atoms with E-state index in [2.05, 4.69) is 10.3 Å². The van der Waals surface area contributed by atoms with Gasteiger partial charge in [-0.3, -0.25) is 9.78 Å². The van der Waals surface area contributed by atoms with Crippen molar-refractivity contribution in [1.82, 2.24) is 10.3 Å². The van der Waals surface area contributed by atoms with Gasteiger partial charge in [0.25, 0.3) is 0 Å². The average Bonchev–Trinajstić information content (AvgIpc) is 3.35. The van der Waals surface area contributed by atoms with Crippen molar-refractivity contribution in [2.24, 2.45) is 0 Å². The third-order valence-corrected chi connectivity index (χ3v) is 5.82. The van der Waals surface area contributed by atoms with Gasteiger partial charge in [-0.25, -0.2) is 4.39 Å². The molecule has 3 aromatic rings. The van der Waals surface area contributed by atoms with Crippen molar-refractivity contribution >= 4 is 17.3 Å². The Balaban J connectivity index is 1.38. The van der Waals surface area contributed by atoms with Crippen molar-refractivity contribution in [3.8, 4) is 10.4 Å². The molecule has 3 atom stereocenters. The van der Waals surface area contributed by atoms with Gasteiger partial charge in [0, 0.05) is 12.7 Å². The zero-order valence-corrected chi connectivity index (χ0v) is 16.4. The first-order valence-corrected chi connectivity index (χ1v) is 10.3. The second-order valence-corrected chi connectivity index (χ2v) is 8.00. The van der Waals surface area contributed by atoms with Crippen molar-refractivity contribution in [1.29, 1.82) is 0 Å². The molecular formula is C22H21FN2O3S. The summed E-state index contributed by atoms with van der Waals surface area (Å²) in [7, 11) is 0. The summed E-state index contributed by atoms with van der Waals surface area (Å²) in [5, 5.41) is 13.5. The predicted octanol–water partition coefficient (Wildman–Crippen LogP) is 2.98. The van der Waals surface area contributed by atoms with Gasteiger partial charge in [0.2, 0.25) is 0 Å². The number of thiazole rings is 1. The molecule has 0 bridgehead atoms. The minimum absolute atomic E-state index is 0.0305. The number of benzene rings is 2. The van der Waals surface area contributed by atoms with Crippen LogP contribution >= 0.6 is 11.3 Å². The first-order valence-electron chi connectivity index (χ1n) is 9.41. The van der Waals surface area contributed by atoms with Crippen LogP contribution in [0.4, 0.5) is 4.39 Å². The fourth-order valence-corrected chi connectivity index (χ4v) is 4.18. The maximum Gasteiger partial charge on any atom is 0.310 e. The second kappa shape index (κ2) is 8.82. The molecule has 0 amide bonds. The van der Waals surface area contributed by atoms with E-state index in [0.29, 0.717) is 18.5 Å². The van der Waals surface area contributed by atoms with E-state index in [1.807, 2.05) is 30.5 Å². The van der Waals surface area contributed by atoms with Crippen LogP contribution < -0.4 is 5.32 Å². The number of hydrogen-bond donors (Lipinski definition) is 2. The number of aliphatic hydroxyl groups excluding tert-OH is 1. The molecule has 29 heavy (non-hydrogen) atoms. The van der Waals surface area contributed by atoms with Crippen LogP contribution in [-0.2, 0) is 22.4 Å². The molecule has 7 heteroatoms. The second-order valence-electron chi connectivity index (χ2n) is 7.11. The Morgan fingerprint density at radius 1 is 1.24 bits per heavy atom. The summed E-state index contributed by atoms with van der Waals surface area (Å²) in [4.78, 5) is 17.5. The number of nitrogens with one attached hydrogen (secondary N) is 1. The molecule has 2 aromatic carbocycles. The van der Waals surface area contributed by atoms with Crippen molar-refractivity contribution in [2.45, 2.75) is 31.1 Å². The number of carbonyl (C=O) groups excluding carboxylic acids is 1. The Hall–Kier alpha value is -2.61. The molecule has 0 radical (unpaired) electrons. The summed E-state index contributed by atoms with van der Waals surface area (Å²) < 4.78 is 18.9. The largest absolute Gasteiger partial charge is 0.458 e. The van der Waals surface area contributed by atoms with Crippen LogP contribution in [0.5, 0.6) is 0 Å². The molecule has 4 rings (SSSR count). The fraction of sp³-hybridized carbons (Fsp3) is 0.273. The smallest absolute Gasteiger partial charge is 0.310 e. The molecule has 2 N–H and O–H groups in total. The first-order chi connectivity index (χ1) is 14.1. The number of carbonyl (C=O) groups is 1. The summed E-state index contributed by atoms with van der Waals surface area (Å²) in [6.45, 7) is 0.363. The number of ether oxygens (including phenoxy) is 1. The Bertz CT molecular complexity index is 962. The summed E-state index contributed by atoms with van der Waals surface area (Å²) in [6, 6.07) is 13.8. The van der Waals surface area contributed by atoms with Gasteiger partial charge in [-0.15, -0.1) is 11.3 Å².